The minimum absolute atomic E-state index is 0.105. The van der Waals surface area contributed by atoms with E-state index in [1.54, 1.807) is 12.1 Å². The lowest BCUT2D eigenvalue weighted by molar-refractivity contribution is -0.126. The summed E-state index contributed by atoms with van der Waals surface area (Å²) in [5.41, 5.74) is 0. The molecule has 1 heterocycles. The highest BCUT2D eigenvalue weighted by molar-refractivity contribution is 6.05. The first kappa shape index (κ1) is 8.74. The number of hydrogen-bond acceptors (Lipinski definition) is 3. The van der Waals surface area contributed by atoms with Crippen LogP contribution >= 0.6 is 0 Å². The monoisotopic (exact) mass is 191 g/mol. The molecule has 1 aromatic carbocycles. The van der Waals surface area contributed by atoms with E-state index >= 15 is 0 Å². The third-order valence-corrected chi connectivity index (χ3v) is 1.95. The molecule has 1 atom stereocenters. The van der Waals surface area contributed by atoms with Gasteiger partial charge in [-0.1, -0.05) is 18.2 Å². The van der Waals surface area contributed by atoms with Crippen molar-refractivity contribution in [2.24, 2.45) is 0 Å². The maximum absolute atomic E-state index is 11.1. The summed E-state index contributed by atoms with van der Waals surface area (Å²) in [7, 11) is 0. The van der Waals surface area contributed by atoms with Gasteiger partial charge in [-0.3, -0.25) is 14.9 Å². The molecule has 1 N–H and O–H groups in total. The van der Waals surface area contributed by atoms with Gasteiger partial charge in [-0.15, -0.1) is 0 Å². The molecule has 0 spiro atoms. The summed E-state index contributed by atoms with van der Waals surface area (Å²) < 4.78 is 5.33. The quantitative estimate of drug-likeness (QED) is 0.692. The van der Waals surface area contributed by atoms with Crippen LogP contribution in [-0.4, -0.2) is 17.9 Å². The van der Waals surface area contributed by atoms with Gasteiger partial charge >= 0.3 is 0 Å². The van der Waals surface area contributed by atoms with Crippen LogP contribution in [0.2, 0.25) is 0 Å². The Kier molecular flexibility index (Phi) is 2.18. The minimum atomic E-state index is -0.676. The lowest BCUT2D eigenvalue weighted by Gasteiger charge is -2.09. The number of amides is 2. The Morgan fingerprint density at radius 2 is 1.93 bits per heavy atom. The standard InChI is InChI=1S/C10H9NO3/c12-9-6-8(10(13)11-9)14-7-4-2-1-3-5-7/h1-5,8H,6H2,(H,11,12,13). The predicted octanol–water partition coefficient (Wildman–Crippen LogP) is 0.480. The van der Waals surface area contributed by atoms with E-state index < -0.39 is 6.10 Å². The first-order valence-corrected chi connectivity index (χ1v) is 4.31. The Balaban J connectivity index is 2.05. The topological polar surface area (TPSA) is 55.4 Å². The number of hydrogen-bond donors (Lipinski definition) is 1. The summed E-state index contributed by atoms with van der Waals surface area (Å²) in [4.78, 5) is 22.0. The van der Waals surface area contributed by atoms with Crippen molar-refractivity contribution in [1.29, 1.82) is 0 Å². The Morgan fingerprint density at radius 1 is 1.21 bits per heavy atom. The van der Waals surface area contributed by atoms with Gasteiger partial charge in [0.25, 0.3) is 5.91 Å². The van der Waals surface area contributed by atoms with Gasteiger partial charge in [-0.05, 0) is 12.1 Å². The fourth-order valence-electron chi connectivity index (χ4n) is 1.29. The summed E-state index contributed by atoms with van der Waals surface area (Å²) in [6, 6.07) is 8.97. The average Bonchev–Trinajstić information content (AvgIpc) is 2.47. The molecule has 0 radical (unpaired) electrons. The van der Waals surface area contributed by atoms with Crippen LogP contribution in [0.25, 0.3) is 0 Å². The van der Waals surface area contributed by atoms with Crippen molar-refractivity contribution >= 4 is 11.8 Å². The third kappa shape index (κ3) is 1.74. The molecule has 1 aliphatic rings. The molecule has 72 valence electrons. The summed E-state index contributed by atoms with van der Waals surface area (Å²) in [5.74, 6) is -0.0443. The van der Waals surface area contributed by atoms with Crippen LogP contribution in [-0.2, 0) is 9.59 Å². The van der Waals surface area contributed by atoms with E-state index in [1.807, 2.05) is 18.2 Å². The molecule has 1 saturated heterocycles. The van der Waals surface area contributed by atoms with Crippen molar-refractivity contribution in [3.05, 3.63) is 30.3 Å². The van der Waals surface area contributed by atoms with Crippen molar-refractivity contribution < 1.29 is 14.3 Å². The highest BCUT2D eigenvalue weighted by Crippen LogP contribution is 2.14. The Hall–Kier alpha value is -1.84. The fourth-order valence-corrected chi connectivity index (χ4v) is 1.29. The van der Waals surface area contributed by atoms with Crippen LogP contribution < -0.4 is 10.1 Å². The molecule has 4 nitrogen and oxygen atoms in total. The highest BCUT2D eigenvalue weighted by atomic mass is 16.5. The SMILES string of the molecule is O=C1CC(Oc2ccccc2)C(=O)N1. The lowest BCUT2D eigenvalue weighted by Crippen LogP contribution is -2.28. The summed E-state index contributed by atoms with van der Waals surface area (Å²) in [5, 5.41) is 2.18. The lowest BCUT2D eigenvalue weighted by atomic mass is 10.3. The smallest absolute Gasteiger partial charge is 0.268 e. The maximum atomic E-state index is 11.1. The fraction of sp³-hybridized carbons (Fsp3) is 0.200. The number of carbonyl (C=O) groups is 2. The van der Waals surface area contributed by atoms with Crippen LogP contribution in [0.3, 0.4) is 0 Å². The van der Waals surface area contributed by atoms with Gasteiger partial charge in [0.15, 0.2) is 6.10 Å². The zero-order chi connectivity index (χ0) is 9.97. The normalized spacial score (nSPS) is 20.7. The average molecular weight is 191 g/mol. The van der Waals surface area contributed by atoms with Crippen molar-refractivity contribution in [3.8, 4) is 5.75 Å². The maximum Gasteiger partial charge on any atom is 0.268 e. The molecular weight excluding hydrogens is 182 g/mol. The number of rotatable bonds is 2. The summed E-state index contributed by atoms with van der Waals surface area (Å²) in [6.45, 7) is 0. The Bertz CT molecular complexity index is 361. The second-order valence-corrected chi connectivity index (χ2v) is 3.04. The van der Waals surface area contributed by atoms with Gasteiger partial charge < -0.3 is 4.74 Å². The van der Waals surface area contributed by atoms with Gasteiger partial charge in [0, 0.05) is 0 Å². The molecule has 4 heteroatoms. The molecular formula is C10H9NO3. The molecule has 1 unspecified atom stereocenters. The molecule has 0 bridgehead atoms. The number of nitrogens with one attached hydrogen (secondary N) is 1. The number of para-hydroxylation sites is 1. The van der Waals surface area contributed by atoms with Crippen molar-refractivity contribution in [1.82, 2.24) is 5.32 Å². The van der Waals surface area contributed by atoms with Gasteiger partial charge in [0.2, 0.25) is 5.91 Å². The van der Waals surface area contributed by atoms with Crippen molar-refractivity contribution in [2.75, 3.05) is 0 Å². The molecule has 1 fully saturated rings. The molecule has 1 aromatic rings. The number of carbonyl (C=O) groups excluding carboxylic acids is 2. The second-order valence-electron chi connectivity index (χ2n) is 3.04. The molecule has 14 heavy (non-hydrogen) atoms. The Labute approximate surface area is 80.9 Å². The van der Waals surface area contributed by atoms with E-state index in [1.165, 1.54) is 0 Å². The highest BCUT2D eigenvalue weighted by Gasteiger charge is 2.32. The zero-order valence-corrected chi connectivity index (χ0v) is 7.40. The van der Waals surface area contributed by atoms with Gasteiger partial charge in [-0.2, -0.15) is 0 Å². The number of imide groups is 1. The number of ether oxygens (including phenoxy) is 1. The molecule has 0 aromatic heterocycles. The molecule has 2 amide bonds. The zero-order valence-electron chi connectivity index (χ0n) is 7.40. The van der Waals surface area contributed by atoms with Gasteiger partial charge in [0.1, 0.15) is 5.75 Å². The summed E-state index contributed by atoms with van der Waals surface area (Å²) in [6.07, 6.45) is -0.571. The first-order chi connectivity index (χ1) is 6.75. The van der Waals surface area contributed by atoms with E-state index in [9.17, 15) is 9.59 Å². The minimum Gasteiger partial charge on any atom is -0.480 e. The van der Waals surface area contributed by atoms with Crippen LogP contribution in [0.4, 0.5) is 0 Å². The van der Waals surface area contributed by atoms with Crippen LogP contribution in [0.15, 0.2) is 30.3 Å². The van der Waals surface area contributed by atoms with Crippen LogP contribution in [0, 0.1) is 0 Å². The third-order valence-electron chi connectivity index (χ3n) is 1.95. The second kappa shape index (κ2) is 3.49. The van der Waals surface area contributed by atoms with Gasteiger partial charge in [0.05, 0.1) is 6.42 Å². The van der Waals surface area contributed by atoms with E-state index in [-0.39, 0.29) is 18.2 Å². The first-order valence-electron chi connectivity index (χ1n) is 4.31. The number of benzene rings is 1. The molecule has 1 aliphatic heterocycles. The van der Waals surface area contributed by atoms with E-state index in [0.717, 1.165) is 0 Å². The molecule has 0 saturated carbocycles. The largest absolute Gasteiger partial charge is 0.480 e. The van der Waals surface area contributed by atoms with Crippen LogP contribution in [0.1, 0.15) is 6.42 Å². The van der Waals surface area contributed by atoms with Crippen molar-refractivity contribution in [2.45, 2.75) is 12.5 Å². The van der Waals surface area contributed by atoms with E-state index in [0.29, 0.717) is 5.75 Å². The Morgan fingerprint density at radius 3 is 2.50 bits per heavy atom. The predicted molar refractivity (Wildman–Crippen MR) is 48.6 cm³/mol. The van der Waals surface area contributed by atoms with Crippen LogP contribution in [0.5, 0.6) is 5.75 Å². The van der Waals surface area contributed by atoms with Crippen molar-refractivity contribution in [3.63, 3.8) is 0 Å². The van der Waals surface area contributed by atoms with E-state index in [4.69, 9.17) is 4.74 Å². The van der Waals surface area contributed by atoms with Gasteiger partial charge in [-0.25, -0.2) is 0 Å². The van der Waals surface area contributed by atoms with E-state index in [2.05, 4.69) is 5.32 Å². The molecule has 0 aliphatic carbocycles. The molecule has 2 rings (SSSR count). The summed E-state index contributed by atoms with van der Waals surface area (Å²) >= 11 is 0.